The fourth-order valence-corrected chi connectivity index (χ4v) is 4.05. The second-order valence-electron chi connectivity index (χ2n) is 8.21. The van der Waals surface area contributed by atoms with Crippen LogP contribution >= 0.6 is 0 Å². The average Bonchev–Trinajstić information content (AvgIpc) is 2.73. The van der Waals surface area contributed by atoms with Crippen molar-refractivity contribution >= 4 is 17.3 Å². The van der Waals surface area contributed by atoms with Crippen molar-refractivity contribution in [2.45, 2.75) is 64.0 Å². The van der Waals surface area contributed by atoms with E-state index in [1.54, 1.807) is 6.07 Å². The number of anilines is 2. The Kier molecular flexibility index (Phi) is 7.40. The molecule has 1 fully saturated rings. The molecule has 6 heteroatoms. The molecule has 0 spiro atoms. The highest BCUT2D eigenvalue weighted by Gasteiger charge is 2.29. The summed E-state index contributed by atoms with van der Waals surface area (Å²) in [6.45, 7) is 0. The SMILES string of the molecule is Nc1cc(CCc2ccc(C(F)(F)F)cc2)ccc1NC(=O)CCC1CCCCC1. The second-order valence-corrected chi connectivity index (χ2v) is 8.21. The lowest BCUT2D eigenvalue weighted by Gasteiger charge is -2.21. The zero-order chi connectivity index (χ0) is 21.6. The normalized spacial score (nSPS) is 15.2. The van der Waals surface area contributed by atoms with Crippen LogP contribution in [-0.4, -0.2) is 5.91 Å². The predicted molar refractivity (Wildman–Crippen MR) is 114 cm³/mol. The first kappa shape index (κ1) is 22.2. The average molecular weight is 419 g/mol. The number of nitrogens with two attached hydrogens (primary N) is 1. The summed E-state index contributed by atoms with van der Waals surface area (Å²) < 4.78 is 37.9. The molecule has 0 atom stereocenters. The van der Waals surface area contributed by atoms with Gasteiger partial charge in [-0.05, 0) is 60.6 Å². The Labute approximate surface area is 175 Å². The minimum atomic E-state index is -4.32. The Morgan fingerprint density at radius 2 is 1.60 bits per heavy atom. The molecule has 0 saturated heterocycles. The monoisotopic (exact) mass is 418 g/mol. The molecule has 0 unspecified atom stereocenters. The van der Waals surface area contributed by atoms with Gasteiger partial charge < -0.3 is 11.1 Å². The van der Waals surface area contributed by atoms with E-state index in [0.717, 1.165) is 29.7 Å². The first-order chi connectivity index (χ1) is 14.3. The molecule has 1 amide bonds. The first-order valence-electron chi connectivity index (χ1n) is 10.7. The van der Waals surface area contributed by atoms with Gasteiger partial charge in [-0.2, -0.15) is 13.2 Å². The van der Waals surface area contributed by atoms with Crippen molar-refractivity contribution in [1.82, 2.24) is 0 Å². The first-order valence-corrected chi connectivity index (χ1v) is 10.7. The van der Waals surface area contributed by atoms with Gasteiger partial charge in [0.1, 0.15) is 0 Å². The van der Waals surface area contributed by atoms with Crippen LogP contribution in [0.1, 0.15) is 61.6 Å². The van der Waals surface area contributed by atoms with Crippen LogP contribution in [0.2, 0.25) is 0 Å². The molecule has 1 aliphatic rings. The van der Waals surface area contributed by atoms with Crippen LogP contribution in [0.15, 0.2) is 42.5 Å². The molecule has 3 nitrogen and oxygen atoms in total. The van der Waals surface area contributed by atoms with Crippen LogP contribution < -0.4 is 11.1 Å². The van der Waals surface area contributed by atoms with Crippen LogP contribution in [-0.2, 0) is 23.8 Å². The van der Waals surface area contributed by atoms with E-state index in [1.807, 2.05) is 12.1 Å². The molecule has 3 N–H and O–H groups in total. The van der Waals surface area contributed by atoms with E-state index < -0.39 is 11.7 Å². The number of benzene rings is 2. The van der Waals surface area contributed by atoms with Crippen molar-refractivity contribution in [3.05, 3.63) is 59.2 Å². The molecule has 30 heavy (non-hydrogen) atoms. The summed E-state index contributed by atoms with van der Waals surface area (Å²) in [5.74, 6) is 0.652. The molecule has 1 aliphatic carbocycles. The summed E-state index contributed by atoms with van der Waals surface area (Å²) in [6, 6.07) is 10.7. The molecular weight excluding hydrogens is 389 g/mol. The molecule has 1 saturated carbocycles. The topological polar surface area (TPSA) is 55.1 Å². The number of hydrogen-bond acceptors (Lipinski definition) is 2. The number of halogens is 3. The van der Waals surface area contributed by atoms with Gasteiger partial charge in [-0.3, -0.25) is 4.79 Å². The van der Waals surface area contributed by atoms with Crippen molar-refractivity contribution in [2.75, 3.05) is 11.1 Å². The van der Waals surface area contributed by atoms with Crippen LogP contribution in [0, 0.1) is 5.92 Å². The van der Waals surface area contributed by atoms with Gasteiger partial charge in [-0.25, -0.2) is 0 Å². The summed E-state index contributed by atoms with van der Waals surface area (Å²) in [5, 5.41) is 2.90. The Morgan fingerprint density at radius 1 is 0.967 bits per heavy atom. The van der Waals surface area contributed by atoms with Gasteiger partial charge in [0, 0.05) is 6.42 Å². The van der Waals surface area contributed by atoms with E-state index in [2.05, 4.69) is 5.32 Å². The largest absolute Gasteiger partial charge is 0.416 e. The number of rotatable bonds is 7. The lowest BCUT2D eigenvalue weighted by molar-refractivity contribution is -0.137. The highest BCUT2D eigenvalue weighted by molar-refractivity contribution is 5.93. The number of aryl methyl sites for hydroxylation is 2. The third-order valence-corrected chi connectivity index (χ3v) is 5.88. The quantitative estimate of drug-likeness (QED) is 0.513. The number of nitrogen functional groups attached to an aromatic ring is 1. The lowest BCUT2D eigenvalue weighted by atomic mass is 9.86. The van der Waals surface area contributed by atoms with E-state index in [4.69, 9.17) is 5.73 Å². The van der Waals surface area contributed by atoms with Crippen molar-refractivity contribution in [3.63, 3.8) is 0 Å². The number of alkyl halides is 3. The fourth-order valence-electron chi connectivity index (χ4n) is 4.05. The molecule has 162 valence electrons. The van der Waals surface area contributed by atoms with E-state index in [0.29, 0.717) is 36.6 Å². The van der Waals surface area contributed by atoms with Crippen molar-refractivity contribution in [1.29, 1.82) is 0 Å². The van der Waals surface area contributed by atoms with Crippen molar-refractivity contribution in [3.8, 4) is 0 Å². The number of carbonyl (C=O) groups excluding carboxylic acids is 1. The lowest BCUT2D eigenvalue weighted by Crippen LogP contribution is -2.15. The molecule has 3 rings (SSSR count). The van der Waals surface area contributed by atoms with Gasteiger partial charge in [0.05, 0.1) is 16.9 Å². The third-order valence-electron chi connectivity index (χ3n) is 5.88. The minimum Gasteiger partial charge on any atom is -0.397 e. The van der Waals surface area contributed by atoms with Gasteiger partial charge in [-0.15, -0.1) is 0 Å². The number of amides is 1. The van der Waals surface area contributed by atoms with Gasteiger partial charge in [0.25, 0.3) is 0 Å². The molecule has 2 aromatic carbocycles. The zero-order valence-electron chi connectivity index (χ0n) is 17.1. The van der Waals surface area contributed by atoms with Gasteiger partial charge >= 0.3 is 6.18 Å². The molecule has 0 aliphatic heterocycles. The molecule has 0 bridgehead atoms. The van der Waals surface area contributed by atoms with Gasteiger partial charge in [-0.1, -0.05) is 50.3 Å². The highest BCUT2D eigenvalue weighted by atomic mass is 19.4. The fraction of sp³-hybridized carbons (Fsp3) is 0.458. The van der Waals surface area contributed by atoms with E-state index in [1.165, 1.54) is 44.2 Å². The van der Waals surface area contributed by atoms with Crippen LogP contribution in [0.25, 0.3) is 0 Å². The summed E-state index contributed by atoms with van der Waals surface area (Å²) in [6.07, 6.45) is 4.70. The highest BCUT2D eigenvalue weighted by Crippen LogP contribution is 2.30. The molecule has 0 aromatic heterocycles. The maximum Gasteiger partial charge on any atom is 0.416 e. The molecule has 0 heterocycles. The third kappa shape index (κ3) is 6.51. The zero-order valence-corrected chi connectivity index (χ0v) is 17.1. The summed E-state index contributed by atoms with van der Waals surface area (Å²) in [5.41, 5.74) is 8.40. The van der Waals surface area contributed by atoms with Crippen molar-refractivity contribution < 1.29 is 18.0 Å². The summed E-state index contributed by atoms with van der Waals surface area (Å²) in [7, 11) is 0. The van der Waals surface area contributed by atoms with Crippen LogP contribution in [0.4, 0.5) is 24.5 Å². The van der Waals surface area contributed by atoms with Crippen LogP contribution in [0.3, 0.4) is 0 Å². The van der Waals surface area contributed by atoms with Crippen LogP contribution in [0.5, 0.6) is 0 Å². The van der Waals surface area contributed by atoms with E-state index >= 15 is 0 Å². The second kappa shape index (κ2) is 10.0. The Balaban J connectivity index is 1.49. The Bertz CT molecular complexity index is 841. The maximum atomic E-state index is 12.6. The molecule has 0 radical (unpaired) electrons. The number of hydrogen-bond donors (Lipinski definition) is 2. The predicted octanol–water partition coefficient (Wildman–Crippen LogP) is 6.37. The standard InChI is InChI=1S/C24H29F3N2O/c25-24(26,27)20-12-8-18(9-13-20)6-7-19-10-14-22(21(28)16-19)29-23(30)15-11-17-4-2-1-3-5-17/h8-10,12-14,16-17H,1-7,11,15,28H2,(H,29,30). The summed E-state index contributed by atoms with van der Waals surface area (Å²) in [4.78, 5) is 12.3. The number of nitrogens with one attached hydrogen (secondary N) is 1. The number of carbonyl (C=O) groups is 1. The van der Waals surface area contributed by atoms with E-state index in [9.17, 15) is 18.0 Å². The Hall–Kier alpha value is -2.50. The van der Waals surface area contributed by atoms with E-state index in [-0.39, 0.29) is 5.91 Å². The molecule has 2 aromatic rings. The van der Waals surface area contributed by atoms with Gasteiger partial charge in [0.2, 0.25) is 5.91 Å². The smallest absolute Gasteiger partial charge is 0.397 e. The van der Waals surface area contributed by atoms with Crippen molar-refractivity contribution in [2.24, 2.45) is 5.92 Å². The Morgan fingerprint density at radius 3 is 2.23 bits per heavy atom. The maximum absolute atomic E-state index is 12.6. The minimum absolute atomic E-state index is 0.00946. The summed E-state index contributed by atoms with van der Waals surface area (Å²) >= 11 is 0. The van der Waals surface area contributed by atoms with Gasteiger partial charge in [0.15, 0.2) is 0 Å². The molecular formula is C24H29F3N2O.